The van der Waals surface area contributed by atoms with E-state index in [0.717, 1.165) is 6.92 Å². The summed E-state index contributed by atoms with van der Waals surface area (Å²) in [5, 5.41) is 106. The van der Waals surface area contributed by atoms with Gasteiger partial charge in [0.1, 0.15) is 73.2 Å². The average Bonchev–Trinajstić information content (AvgIpc) is 2.99. The van der Waals surface area contributed by atoms with Crippen LogP contribution in [-0.4, -0.2) is 187 Å². The molecule has 4 aliphatic heterocycles. The molecule has 0 bridgehead atoms. The SMILES string of the molecule is CC(=O)N[C@@H]1[C@@H](O[C@@H]2O[C@H](CO)[C@H](O)[C@H](O)[C@H]2O[C@H]2C[C@H](O)[C@H](O)[C@H](C)O2)[C@H](O[C@@H]2O[C@@H](C)[C@@H](O)[C@@H](O)[C@@H]2O)[C@@H](CO)O[C@H]1O. The van der Waals surface area contributed by atoms with E-state index in [4.69, 9.17) is 33.2 Å². The van der Waals surface area contributed by atoms with Gasteiger partial charge in [0.2, 0.25) is 5.91 Å². The average molecular weight is 660 g/mol. The van der Waals surface area contributed by atoms with E-state index < -0.39 is 136 Å². The van der Waals surface area contributed by atoms with Crippen molar-refractivity contribution in [2.75, 3.05) is 13.2 Å². The molecule has 19 heteroatoms. The fourth-order valence-electron chi connectivity index (χ4n) is 5.82. The van der Waals surface area contributed by atoms with Gasteiger partial charge in [-0.2, -0.15) is 0 Å². The van der Waals surface area contributed by atoms with Crippen LogP contribution in [0.15, 0.2) is 0 Å². The van der Waals surface area contributed by atoms with E-state index in [0.29, 0.717) is 0 Å². The molecule has 4 fully saturated rings. The Hall–Kier alpha value is -1.21. The van der Waals surface area contributed by atoms with Crippen molar-refractivity contribution in [3.8, 4) is 0 Å². The van der Waals surface area contributed by atoms with Crippen LogP contribution in [0.5, 0.6) is 0 Å². The van der Waals surface area contributed by atoms with Gasteiger partial charge >= 0.3 is 0 Å². The Balaban J connectivity index is 1.67. The lowest BCUT2D eigenvalue weighted by molar-refractivity contribution is -0.384. The molecule has 0 unspecified atom stereocenters. The molecule has 4 rings (SSSR count). The summed E-state index contributed by atoms with van der Waals surface area (Å²) in [5.41, 5.74) is 0. The number of hydrogen-bond acceptors (Lipinski definition) is 18. The van der Waals surface area contributed by atoms with Crippen molar-refractivity contribution in [1.29, 1.82) is 0 Å². The monoisotopic (exact) mass is 659 g/mol. The molecular weight excluding hydrogens is 614 g/mol. The van der Waals surface area contributed by atoms with Gasteiger partial charge in [-0.25, -0.2) is 0 Å². The molecule has 262 valence electrons. The zero-order valence-electron chi connectivity index (χ0n) is 24.8. The summed E-state index contributed by atoms with van der Waals surface area (Å²) in [5.74, 6) is -0.670. The number of ether oxygens (including phenoxy) is 7. The van der Waals surface area contributed by atoms with Gasteiger partial charge in [-0.05, 0) is 13.8 Å². The van der Waals surface area contributed by atoms with Crippen molar-refractivity contribution in [3.63, 3.8) is 0 Å². The normalized spacial score (nSPS) is 51.1. The molecule has 11 N–H and O–H groups in total. The standard InChI is InChI=1S/C26H45NO18/c1-7-15(32)10(31)4-13(39-7)43-23-19(36)17(34)11(5-28)42-26(23)45-22-14(27-9(3)30)24(38)41-12(6-29)21(22)44-25-20(37)18(35)16(33)8(2)40-25/h7-8,10-26,28-29,31-38H,4-6H2,1-3H3,(H,27,30)/t7-,8-,10-,11+,12+,13-,14+,15+,16+,17-,18+,19-,20-,21+,22+,23+,24+,25-,26-/m0/s1. The van der Waals surface area contributed by atoms with Crippen LogP contribution < -0.4 is 5.32 Å². The molecule has 0 saturated carbocycles. The molecule has 1 amide bonds. The maximum absolute atomic E-state index is 12.2. The first-order valence-corrected chi connectivity index (χ1v) is 14.7. The van der Waals surface area contributed by atoms with Crippen LogP contribution >= 0.6 is 0 Å². The van der Waals surface area contributed by atoms with E-state index in [9.17, 15) is 55.9 Å². The van der Waals surface area contributed by atoms with Gasteiger partial charge in [-0.3, -0.25) is 4.79 Å². The number of hydrogen-bond donors (Lipinski definition) is 11. The molecule has 0 radical (unpaired) electrons. The number of amides is 1. The van der Waals surface area contributed by atoms with E-state index in [1.807, 2.05) is 0 Å². The molecule has 0 aromatic rings. The summed E-state index contributed by atoms with van der Waals surface area (Å²) in [6.45, 7) is 2.39. The van der Waals surface area contributed by atoms with Gasteiger partial charge < -0.3 is 89.5 Å². The lowest BCUT2D eigenvalue weighted by atomic mass is 9.94. The van der Waals surface area contributed by atoms with Gasteiger partial charge in [0.25, 0.3) is 0 Å². The second-order valence-electron chi connectivity index (χ2n) is 11.7. The molecule has 0 aromatic heterocycles. The molecule has 0 aromatic carbocycles. The first-order chi connectivity index (χ1) is 21.2. The first kappa shape index (κ1) is 36.6. The molecule has 0 spiro atoms. The van der Waals surface area contributed by atoms with Crippen molar-refractivity contribution in [2.45, 2.75) is 144 Å². The minimum absolute atomic E-state index is 0.257. The second-order valence-corrected chi connectivity index (χ2v) is 11.7. The number of aliphatic hydroxyl groups is 10. The highest BCUT2D eigenvalue weighted by Gasteiger charge is 2.55. The predicted molar refractivity (Wildman–Crippen MR) is 141 cm³/mol. The summed E-state index contributed by atoms with van der Waals surface area (Å²) in [6.07, 6.45) is -27.3. The van der Waals surface area contributed by atoms with E-state index in [1.54, 1.807) is 0 Å². The Labute approximate surface area is 257 Å². The number of carbonyl (C=O) groups is 1. The minimum atomic E-state index is -1.83. The largest absolute Gasteiger partial charge is 0.394 e. The predicted octanol–water partition coefficient (Wildman–Crippen LogP) is -6.52. The second kappa shape index (κ2) is 15.3. The molecule has 19 nitrogen and oxygen atoms in total. The Bertz CT molecular complexity index is 953. The Morgan fingerprint density at radius 3 is 1.89 bits per heavy atom. The molecule has 4 heterocycles. The van der Waals surface area contributed by atoms with Crippen LogP contribution in [0.3, 0.4) is 0 Å². The van der Waals surface area contributed by atoms with Crippen molar-refractivity contribution in [3.05, 3.63) is 0 Å². The Morgan fingerprint density at radius 1 is 0.667 bits per heavy atom. The fraction of sp³-hybridized carbons (Fsp3) is 0.962. The third kappa shape index (κ3) is 7.92. The van der Waals surface area contributed by atoms with E-state index in [1.165, 1.54) is 13.8 Å². The highest BCUT2D eigenvalue weighted by molar-refractivity contribution is 5.73. The van der Waals surface area contributed by atoms with Crippen LogP contribution in [0.4, 0.5) is 0 Å². The van der Waals surface area contributed by atoms with Gasteiger partial charge in [-0.15, -0.1) is 0 Å². The lowest BCUT2D eigenvalue weighted by Crippen LogP contribution is -2.69. The number of carbonyl (C=O) groups excluding carboxylic acids is 1. The third-order valence-electron chi connectivity index (χ3n) is 8.42. The smallest absolute Gasteiger partial charge is 0.217 e. The molecule has 4 saturated heterocycles. The number of aliphatic hydroxyl groups excluding tert-OH is 10. The van der Waals surface area contributed by atoms with Gasteiger partial charge in [0, 0.05) is 13.3 Å². The van der Waals surface area contributed by atoms with Crippen molar-refractivity contribution in [2.24, 2.45) is 0 Å². The molecule has 45 heavy (non-hydrogen) atoms. The van der Waals surface area contributed by atoms with Crippen molar-refractivity contribution in [1.82, 2.24) is 5.32 Å². The van der Waals surface area contributed by atoms with Crippen LogP contribution in [0.1, 0.15) is 27.2 Å². The van der Waals surface area contributed by atoms with Gasteiger partial charge in [0.15, 0.2) is 25.2 Å². The fourth-order valence-corrected chi connectivity index (χ4v) is 5.82. The molecule has 4 aliphatic rings. The van der Waals surface area contributed by atoms with Crippen LogP contribution in [-0.2, 0) is 38.0 Å². The zero-order chi connectivity index (χ0) is 33.3. The number of rotatable bonds is 9. The number of nitrogens with one attached hydrogen (secondary N) is 1. The van der Waals surface area contributed by atoms with Crippen molar-refractivity contribution < 1.29 is 89.0 Å². The summed E-state index contributed by atoms with van der Waals surface area (Å²) in [4.78, 5) is 12.2. The highest BCUT2D eigenvalue weighted by Crippen LogP contribution is 2.35. The summed E-state index contributed by atoms with van der Waals surface area (Å²) < 4.78 is 40.2. The van der Waals surface area contributed by atoms with E-state index >= 15 is 0 Å². The maximum Gasteiger partial charge on any atom is 0.217 e. The Morgan fingerprint density at radius 2 is 1.29 bits per heavy atom. The lowest BCUT2D eigenvalue weighted by Gasteiger charge is -2.50. The molecule has 19 atom stereocenters. The van der Waals surface area contributed by atoms with E-state index in [-0.39, 0.29) is 6.42 Å². The van der Waals surface area contributed by atoms with E-state index in [2.05, 4.69) is 5.32 Å². The summed E-state index contributed by atoms with van der Waals surface area (Å²) >= 11 is 0. The van der Waals surface area contributed by atoms with Gasteiger partial charge in [-0.1, -0.05) is 0 Å². The van der Waals surface area contributed by atoms with Crippen molar-refractivity contribution >= 4 is 5.91 Å². The topological polar surface area (TPSA) is 296 Å². The van der Waals surface area contributed by atoms with Crippen LogP contribution in [0.2, 0.25) is 0 Å². The Kier molecular flexibility index (Phi) is 12.5. The van der Waals surface area contributed by atoms with Crippen LogP contribution in [0.25, 0.3) is 0 Å². The highest BCUT2D eigenvalue weighted by atomic mass is 16.8. The minimum Gasteiger partial charge on any atom is -0.394 e. The third-order valence-corrected chi connectivity index (χ3v) is 8.42. The maximum atomic E-state index is 12.2. The van der Waals surface area contributed by atoms with Gasteiger partial charge in [0.05, 0.1) is 31.5 Å². The van der Waals surface area contributed by atoms with Crippen LogP contribution in [0, 0.1) is 0 Å². The summed E-state index contributed by atoms with van der Waals surface area (Å²) in [7, 11) is 0. The first-order valence-electron chi connectivity index (χ1n) is 14.7. The quantitative estimate of drug-likeness (QED) is 0.110. The summed E-state index contributed by atoms with van der Waals surface area (Å²) in [6, 6.07) is -1.48. The zero-order valence-corrected chi connectivity index (χ0v) is 24.8. The molecular formula is C26H45NO18. The molecule has 0 aliphatic carbocycles.